The summed E-state index contributed by atoms with van der Waals surface area (Å²) < 4.78 is 12.9. The van der Waals surface area contributed by atoms with Crippen LogP contribution >= 0.6 is 11.8 Å². The molecule has 0 aromatic heterocycles. The third kappa shape index (κ3) is 4.22. The van der Waals surface area contributed by atoms with Crippen molar-refractivity contribution in [3.63, 3.8) is 0 Å². The van der Waals surface area contributed by atoms with E-state index in [2.05, 4.69) is 13.8 Å². The highest BCUT2D eigenvalue weighted by molar-refractivity contribution is 7.99. The van der Waals surface area contributed by atoms with E-state index in [1.165, 1.54) is 12.1 Å². The van der Waals surface area contributed by atoms with Gasteiger partial charge in [-0.1, -0.05) is 13.8 Å². The molecule has 0 saturated carbocycles. The third-order valence-corrected chi connectivity index (χ3v) is 3.29. The Labute approximate surface area is 94.7 Å². The van der Waals surface area contributed by atoms with Crippen molar-refractivity contribution in [1.82, 2.24) is 0 Å². The molecule has 0 aliphatic carbocycles. The van der Waals surface area contributed by atoms with Gasteiger partial charge in [0.2, 0.25) is 0 Å². The Balaban J connectivity index is 2.60. The Morgan fingerprint density at radius 3 is 2.73 bits per heavy atom. The van der Waals surface area contributed by atoms with Gasteiger partial charge in [0.25, 0.3) is 0 Å². The fraction of sp³-hybridized carbons (Fsp3) is 0.500. The minimum absolute atomic E-state index is 0.0955. The van der Waals surface area contributed by atoms with Gasteiger partial charge in [0.05, 0.1) is 6.61 Å². The largest absolute Gasteiger partial charge is 0.392 e. The van der Waals surface area contributed by atoms with Crippen LogP contribution in [0.1, 0.15) is 25.8 Å². The van der Waals surface area contributed by atoms with Gasteiger partial charge in [0, 0.05) is 4.90 Å². The fourth-order valence-electron chi connectivity index (χ4n) is 1.22. The summed E-state index contributed by atoms with van der Waals surface area (Å²) in [4.78, 5) is 0.986. The molecule has 0 heterocycles. The van der Waals surface area contributed by atoms with Gasteiger partial charge in [-0.05, 0) is 41.9 Å². The average molecular weight is 228 g/mol. The summed E-state index contributed by atoms with van der Waals surface area (Å²) in [5.74, 6) is 1.40. The number of hydrogen-bond acceptors (Lipinski definition) is 2. The van der Waals surface area contributed by atoms with Crippen LogP contribution in [0.4, 0.5) is 4.39 Å². The van der Waals surface area contributed by atoms with Crippen LogP contribution in [0.3, 0.4) is 0 Å². The van der Waals surface area contributed by atoms with Gasteiger partial charge in [0.15, 0.2) is 0 Å². The lowest BCUT2D eigenvalue weighted by Crippen LogP contribution is -1.93. The van der Waals surface area contributed by atoms with Crippen molar-refractivity contribution in [2.75, 3.05) is 5.75 Å². The normalized spacial score (nSPS) is 11.0. The molecule has 0 atom stereocenters. The van der Waals surface area contributed by atoms with E-state index in [1.54, 1.807) is 17.8 Å². The molecule has 0 amide bonds. The van der Waals surface area contributed by atoms with Crippen molar-refractivity contribution in [3.8, 4) is 0 Å². The van der Waals surface area contributed by atoms with Gasteiger partial charge in [-0.3, -0.25) is 0 Å². The maximum Gasteiger partial charge on any atom is 0.123 e. The van der Waals surface area contributed by atoms with E-state index in [1.807, 2.05) is 0 Å². The van der Waals surface area contributed by atoms with Crippen LogP contribution in [0.2, 0.25) is 0 Å². The Kier molecular flexibility index (Phi) is 5.12. The smallest absolute Gasteiger partial charge is 0.123 e. The third-order valence-electron chi connectivity index (χ3n) is 2.15. The molecule has 0 aliphatic heterocycles. The zero-order valence-corrected chi connectivity index (χ0v) is 9.98. The Bertz CT molecular complexity index is 312. The second kappa shape index (κ2) is 6.13. The first-order valence-electron chi connectivity index (χ1n) is 5.15. The van der Waals surface area contributed by atoms with Gasteiger partial charge in [-0.15, -0.1) is 11.8 Å². The molecule has 0 unspecified atom stereocenters. The van der Waals surface area contributed by atoms with E-state index < -0.39 is 0 Å². The van der Waals surface area contributed by atoms with Gasteiger partial charge in [-0.25, -0.2) is 4.39 Å². The molecular weight excluding hydrogens is 211 g/mol. The standard InChI is InChI=1S/C12H17FOS/c1-9(2)5-6-15-12-4-3-11(13)7-10(12)8-14/h3-4,7,9,14H,5-6,8H2,1-2H3. The van der Waals surface area contributed by atoms with Crippen LogP contribution in [-0.4, -0.2) is 10.9 Å². The van der Waals surface area contributed by atoms with Crippen molar-refractivity contribution in [1.29, 1.82) is 0 Å². The van der Waals surface area contributed by atoms with Crippen LogP contribution in [-0.2, 0) is 6.61 Å². The number of rotatable bonds is 5. The van der Waals surface area contributed by atoms with E-state index in [0.717, 1.165) is 17.1 Å². The monoisotopic (exact) mass is 228 g/mol. The lowest BCUT2D eigenvalue weighted by Gasteiger charge is -2.08. The quantitative estimate of drug-likeness (QED) is 0.779. The molecular formula is C12H17FOS. The van der Waals surface area contributed by atoms with Crippen LogP contribution < -0.4 is 0 Å². The number of benzene rings is 1. The second-order valence-corrected chi connectivity index (χ2v) is 5.08. The number of halogens is 1. The molecule has 0 saturated heterocycles. The Hall–Kier alpha value is -0.540. The molecule has 1 N–H and O–H groups in total. The highest BCUT2D eigenvalue weighted by Gasteiger charge is 2.04. The van der Waals surface area contributed by atoms with E-state index in [0.29, 0.717) is 11.5 Å². The topological polar surface area (TPSA) is 20.2 Å². The summed E-state index contributed by atoms with van der Waals surface area (Å²) in [7, 11) is 0. The lowest BCUT2D eigenvalue weighted by atomic mass is 10.2. The van der Waals surface area contributed by atoms with Crippen LogP contribution in [0, 0.1) is 11.7 Å². The van der Waals surface area contributed by atoms with Gasteiger partial charge in [0.1, 0.15) is 5.82 Å². The summed E-state index contributed by atoms with van der Waals surface area (Å²) in [5.41, 5.74) is 0.684. The Morgan fingerprint density at radius 1 is 1.40 bits per heavy atom. The highest BCUT2D eigenvalue weighted by atomic mass is 32.2. The molecule has 1 rings (SSSR count). The number of aliphatic hydroxyl groups is 1. The SMILES string of the molecule is CC(C)CCSc1ccc(F)cc1CO. The zero-order chi connectivity index (χ0) is 11.3. The molecule has 3 heteroatoms. The molecule has 0 aliphatic rings. The van der Waals surface area contributed by atoms with Crippen molar-refractivity contribution in [2.24, 2.45) is 5.92 Å². The summed E-state index contributed by atoms with van der Waals surface area (Å²) >= 11 is 1.68. The highest BCUT2D eigenvalue weighted by Crippen LogP contribution is 2.25. The first-order chi connectivity index (χ1) is 7.13. The number of thioether (sulfide) groups is 1. The Morgan fingerprint density at radius 2 is 2.13 bits per heavy atom. The van der Waals surface area contributed by atoms with Gasteiger partial charge >= 0.3 is 0 Å². The first-order valence-corrected chi connectivity index (χ1v) is 6.14. The summed E-state index contributed by atoms with van der Waals surface area (Å²) in [6.07, 6.45) is 1.13. The molecule has 0 fully saturated rings. The molecule has 1 aromatic rings. The summed E-state index contributed by atoms with van der Waals surface area (Å²) in [6, 6.07) is 4.58. The van der Waals surface area contributed by atoms with E-state index in [-0.39, 0.29) is 12.4 Å². The molecule has 1 nitrogen and oxygen atoms in total. The number of hydrogen-bond donors (Lipinski definition) is 1. The van der Waals surface area contributed by atoms with Crippen LogP contribution in [0.15, 0.2) is 23.1 Å². The predicted octanol–water partition coefficient (Wildman–Crippen LogP) is 3.46. The molecule has 84 valence electrons. The lowest BCUT2D eigenvalue weighted by molar-refractivity contribution is 0.278. The first kappa shape index (κ1) is 12.5. The van der Waals surface area contributed by atoms with E-state index >= 15 is 0 Å². The van der Waals surface area contributed by atoms with E-state index in [4.69, 9.17) is 5.11 Å². The van der Waals surface area contributed by atoms with Gasteiger partial charge in [-0.2, -0.15) is 0 Å². The zero-order valence-electron chi connectivity index (χ0n) is 9.16. The van der Waals surface area contributed by atoms with Crippen molar-refractivity contribution in [2.45, 2.75) is 31.8 Å². The maximum atomic E-state index is 12.9. The summed E-state index contributed by atoms with van der Waals surface area (Å²) in [6.45, 7) is 4.26. The maximum absolute atomic E-state index is 12.9. The van der Waals surface area contributed by atoms with Crippen LogP contribution in [0.5, 0.6) is 0 Å². The molecule has 15 heavy (non-hydrogen) atoms. The second-order valence-electron chi connectivity index (χ2n) is 3.94. The van der Waals surface area contributed by atoms with Crippen molar-refractivity contribution in [3.05, 3.63) is 29.6 Å². The minimum atomic E-state index is -0.285. The molecule has 1 aromatic carbocycles. The average Bonchev–Trinajstić information content (AvgIpc) is 2.19. The minimum Gasteiger partial charge on any atom is -0.392 e. The van der Waals surface area contributed by atoms with Gasteiger partial charge < -0.3 is 5.11 Å². The molecule has 0 radical (unpaired) electrons. The van der Waals surface area contributed by atoms with E-state index in [9.17, 15) is 4.39 Å². The predicted molar refractivity (Wildman–Crippen MR) is 62.5 cm³/mol. The van der Waals surface area contributed by atoms with Crippen molar-refractivity contribution >= 4 is 11.8 Å². The molecule has 0 spiro atoms. The summed E-state index contributed by atoms with van der Waals surface area (Å²) in [5, 5.41) is 9.07. The molecule has 0 bridgehead atoms. The van der Waals surface area contributed by atoms with Crippen molar-refractivity contribution < 1.29 is 9.50 Å². The fourth-order valence-corrected chi connectivity index (χ4v) is 2.50. The number of aliphatic hydroxyl groups excluding tert-OH is 1. The van der Waals surface area contributed by atoms with Crippen LogP contribution in [0.25, 0.3) is 0 Å².